The van der Waals surface area contributed by atoms with E-state index in [1.165, 1.54) is 18.2 Å². The fraction of sp³-hybridized carbons (Fsp3) is 0.455. The summed E-state index contributed by atoms with van der Waals surface area (Å²) in [5, 5.41) is 11.0. The molecule has 1 aromatic carbocycles. The van der Waals surface area contributed by atoms with Gasteiger partial charge in [-0.3, -0.25) is 10.1 Å². The molecule has 8 heteroatoms. The molecular weight excluding hydrogens is 292 g/mol. The fourth-order valence-corrected chi connectivity index (χ4v) is 3.82. The van der Waals surface area contributed by atoms with Crippen molar-refractivity contribution in [2.75, 3.05) is 12.3 Å². The minimum Gasteiger partial charge on any atom is -0.330 e. The van der Waals surface area contributed by atoms with Gasteiger partial charge in [-0.1, -0.05) is 24.6 Å². The Kier molecular flexibility index (Phi) is 5.28. The van der Waals surface area contributed by atoms with Crippen molar-refractivity contribution in [3.8, 4) is 0 Å². The van der Waals surface area contributed by atoms with E-state index in [-0.39, 0.29) is 34.5 Å². The molecule has 0 fully saturated rings. The number of nitro groups is 1. The molecule has 0 heterocycles. The van der Waals surface area contributed by atoms with Crippen LogP contribution in [0, 0.1) is 16.0 Å². The molecule has 0 spiro atoms. The van der Waals surface area contributed by atoms with Crippen molar-refractivity contribution in [1.29, 1.82) is 0 Å². The van der Waals surface area contributed by atoms with Gasteiger partial charge in [-0.15, -0.1) is 0 Å². The van der Waals surface area contributed by atoms with E-state index in [0.717, 1.165) is 0 Å². The van der Waals surface area contributed by atoms with Crippen LogP contribution in [0.15, 0.2) is 18.2 Å². The Morgan fingerprint density at radius 1 is 1.47 bits per heavy atom. The summed E-state index contributed by atoms with van der Waals surface area (Å²) in [6, 6.07) is 4.09. The first-order valence-corrected chi connectivity index (χ1v) is 7.79. The fourth-order valence-electron chi connectivity index (χ4n) is 1.64. The molecule has 0 aliphatic rings. The zero-order valence-electron chi connectivity index (χ0n) is 10.4. The highest BCUT2D eigenvalue weighted by Gasteiger charge is 2.24. The zero-order valence-corrected chi connectivity index (χ0v) is 11.9. The number of nitrogens with two attached hydrogens (primary N) is 1. The van der Waals surface area contributed by atoms with Gasteiger partial charge in [0, 0.05) is 6.07 Å². The number of sulfone groups is 1. The highest BCUT2D eigenvalue weighted by molar-refractivity contribution is 7.90. The SMILES string of the molecule is CC(CN)CS(=O)(=O)Cc1c(Cl)cccc1[N+](=O)[O-]. The van der Waals surface area contributed by atoms with Gasteiger partial charge >= 0.3 is 0 Å². The van der Waals surface area contributed by atoms with Crippen LogP contribution >= 0.6 is 11.6 Å². The molecule has 0 aromatic heterocycles. The Bertz CT molecular complexity index is 574. The van der Waals surface area contributed by atoms with Crippen LogP contribution in [0.25, 0.3) is 0 Å². The molecule has 6 nitrogen and oxygen atoms in total. The maximum Gasteiger partial charge on any atom is 0.275 e. The third-order valence-electron chi connectivity index (χ3n) is 2.60. The Labute approximate surface area is 116 Å². The number of nitrogens with zero attached hydrogens (tertiary/aromatic N) is 1. The molecule has 0 radical (unpaired) electrons. The summed E-state index contributed by atoms with van der Waals surface area (Å²) < 4.78 is 23.9. The number of hydrogen-bond donors (Lipinski definition) is 1. The van der Waals surface area contributed by atoms with E-state index in [1.54, 1.807) is 6.92 Å². The highest BCUT2D eigenvalue weighted by atomic mass is 35.5. The first-order valence-electron chi connectivity index (χ1n) is 5.59. The third kappa shape index (κ3) is 4.45. The van der Waals surface area contributed by atoms with Crippen LogP contribution in [0.5, 0.6) is 0 Å². The minimum absolute atomic E-state index is 0.0263. The average molecular weight is 307 g/mol. The van der Waals surface area contributed by atoms with Gasteiger partial charge in [-0.25, -0.2) is 8.42 Å². The largest absolute Gasteiger partial charge is 0.330 e. The minimum atomic E-state index is -3.49. The highest BCUT2D eigenvalue weighted by Crippen LogP contribution is 2.28. The van der Waals surface area contributed by atoms with Gasteiger partial charge in [0.2, 0.25) is 0 Å². The molecule has 1 unspecified atom stereocenters. The van der Waals surface area contributed by atoms with Crippen molar-refractivity contribution in [1.82, 2.24) is 0 Å². The predicted molar refractivity (Wildman–Crippen MR) is 73.8 cm³/mol. The van der Waals surface area contributed by atoms with E-state index in [2.05, 4.69) is 0 Å². The van der Waals surface area contributed by atoms with Gasteiger partial charge in [-0.2, -0.15) is 0 Å². The van der Waals surface area contributed by atoms with Crippen LogP contribution in [0.2, 0.25) is 5.02 Å². The molecule has 19 heavy (non-hydrogen) atoms. The second kappa shape index (κ2) is 6.31. The van der Waals surface area contributed by atoms with Crippen molar-refractivity contribution in [2.24, 2.45) is 11.7 Å². The third-order valence-corrected chi connectivity index (χ3v) is 4.76. The Morgan fingerprint density at radius 2 is 2.11 bits per heavy atom. The van der Waals surface area contributed by atoms with Crippen molar-refractivity contribution in [2.45, 2.75) is 12.7 Å². The van der Waals surface area contributed by atoms with Crippen LogP contribution in [-0.2, 0) is 15.6 Å². The maximum atomic E-state index is 12.0. The Balaban J connectivity index is 3.09. The summed E-state index contributed by atoms with van der Waals surface area (Å²) in [7, 11) is -3.49. The van der Waals surface area contributed by atoms with E-state index in [1.807, 2.05) is 0 Å². The summed E-state index contributed by atoms with van der Waals surface area (Å²) in [5.74, 6) is -0.773. The lowest BCUT2D eigenvalue weighted by Gasteiger charge is -2.10. The maximum absolute atomic E-state index is 12.0. The van der Waals surface area contributed by atoms with Gasteiger partial charge in [0.15, 0.2) is 9.84 Å². The molecular formula is C11H15ClN2O4S. The molecule has 0 saturated carbocycles. The molecule has 0 bridgehead atoms. The molecule has 2 N–H and O–H groups in total. The van der Waals surface area contributed by atoms with Gasteiger partial charge in [0.05, 0.1) is 27.0 Å². The first kappa shape index (κ1) is 15.9. The average Bonchev–Trinajstić information content (AvgIpc) is 2.30. The van der Waals surface area contributed by atoms with Crippen molar-refractivity contribution < 1.29 is 13.3 Å². The number of nitro benzene ring substituents is 1. The number of hydrogen-bond acceptors (Lipinski definition) is 5. The van der Waals surface area contributed by atoms with E-state index < -0.39 is 20.5 Å². The lowest BCUT2D eigenvalue weighted by molar-refractivity contribution is -0.385. The topological polar surface area (TPSA) is 103 Å². The smallest absolute Gasteiger partial charge is 0.275 e. The monoisotopic (exact) mass is 306 g/mol. The molecule has 0 saturated heterocycles. The lowest BCUT2D eigenvalue weighted by Crippen LogP contribution is -2.22. The summed E-state index contributed by atoms with van der Waals surface area (Å²) >= 11 is 5.86. The predicted octanol–water partition coefficient (Wildman–Crippen LogP) is 1.76. The van der Waals surface area contributed by atoms with Crippen LogP contribution < -0.4 is 5.73 Å². The number of halogens is 1. The summed E-state index contributed by atoms with van der Waals surface area (Å²) in [6.07, 6.45) is 0. The molecule has 106 valence electrons. The molecule has 1 aromatic rings. The number of benzene rings is 1. The Hall–Kier alpha value is -1.18. The summed E-state index contributed by atoms with van der Waals surface area (Å²) in [4.78, 5) is 10.2. The van der Waals surface area contributed by atoms with Crippen molar-refractivity contribution in [3.63, 3.8) is 0 Å². The van der Waals surface area contributed by atoms with E-state index >= 15 is 0 Å². The van der Waals surface area contributed by atoms with Crippen molar-refractivity contribution >= 4 is 27.1 Å². The summed E-state index contributed by atoms with van der Waals surface area (Å²) in [6.45, 7) is 1.95. The zero-order chi connectivity index (χ0) is 14.6. The van der Waals surface area contributed by atoms with Crippen LogP contribution in [0.3, 0.4) is 0 Å². The molecule has 1 rings (SSSR count). The second-order valence-corrected chi connectivity index (χ2v) is 6.91. The van der Waals surface area contributed by atoms with E-state index in [9.17, 15) is 18.5 Å². The van der Waals surface area contributed by atoms with E-state index in [4.69, 9.17) is 17.3 Å². The van der Waals surface area contributed by atoms with Gasteiger partial charge in [0.1, 0.15) is 0 Å². The van der Waals surface area contributed by atoms with Gasteiger partial charge in [0.25, 0.3) is 5.69 Å². The molecule has 0 aliphatic carbocycles. The molecule has 1 atom stereocenters. The standard InChI is InChI=1S/C11H15ClN2O4S/c1-8(5-13)6-19(17,18)7-9-10(12)3-2-4-11(9)14(15)16/h2-4,8H,5-7,13H2,1H3. The lowest BCUT2D eigenvalue weighted by atomic mass is 10.2. The normalized spacial score (nSPS) is 13.2. The quantitative estimate of drug-likeness (QED) is 0.637. The second-order valence-electron chi connectivity index (χ2n) is 4.39. The van der Waals surface area contributed by atoms with Gasteiger partial charge in [-0.05, 0) is 18.5 Å². The van der Waals surface area contributed by atoms with Crippen LogP contribution in [0.1, 0.15) is 12.5 Å². The van der Waals surface area contributed by atoms with E-state index in [0.29, 0.717) is 0 Å². The molecule has 0 aliphatic heterocycles. The first-order chi connectivity index (χ1) is 8.76. The van der Waals surface area contributed by atoms with Gasteiger partial charge < -0.3 is 5.73 Å². The summed E-state index contributed by atoms with van der Waals surface area (Å²) in [5.41, 5.74) is 5.13. The van der Waals surface area contributed by atoms with Crippen LogP contribution in [0.4, 0.5) is 5.69 Å². The Morgan fingerprint density at radius 3 is 2.63 bits per heavy atom. The molecule has 0 amide bonds. The van der Waals surface area contributed by atoms with Crippen molar-refractivity contribution in [3.05, 3.63) is 38.9 Å². The number of rotatable bonds is 6. The van der Waals surface area contributed by atoms with Crippen LogP contribution in [-0.4, -0.2) is 25.6 Å².